The summed E-state index contributed by atoms with van der Waals surface area (Å²) in [4.78, 5) is 0. The Morgan fingerprint density at radius 1 is 1.33 bits per heavy atom. The Bertz CT molecular complexity index is 338. The van der Waals surface area contributed by atoms with Crippen molar-refractivity contribution in [3.8, 4) is 0 Å². The van der Waals surface area contributed by atoms with Crippen molar-refractivity contribution >= 4 is 5.84 Å². The minimum absolute atomic E-state index is 0.300. The van der Waals surface area contributed by atoms with Crippen molar-refractivity contribution in [2.45, 2.75) is 44.9 Å². The Balaban J connectivity index is 1.40. The first-order chi connectivity index (χ1) is 8.71. The lowest BCUT2D eigenvalue weighted by atomic mass is 9.88. The summed E-state index contributed by atoms with van der Waals surface area (Å²) in [5.74, 6) is 3.34. The fourth-order valence-corrected chi connectivity index (χ4v) is 4.16. The van der Waals surface area contributed by atoms with Crippen LogP contribution in [0.5, 0.6) is 0 Å². The first kappa shape index (κ1) is 12.3. The average molecular weight is 251 g/mol. The van der Waals surface area contributed by atoms with Crippen LogP contribution in [0, 0.1) is 23.2 Å². The molecule has 4 heteroatoms. The van der Waals surface area contributed by atoms with Gasteiger partial charge in [-0.15, -0.1) is 0 Å². The molecule has 0 amide bonds. The van der Waals surface area contributed by atoms with Crippen molar-refractivity contribution in [3.63, 3.8) is 0 Å². The molecule has 3 unspecified atom stereocenters. The van der Waals surface area contributed by atoms with Crippen LogP contribution in [0.2, 0.25) is 0 Å². The van der Waals surface area contributed by atoms with Crippen LogP contribution in [0.15, 0.2) is 5.16 Å². The van der Waals surface area contributed by atoms with Crippen molar-refractivity contribution < 1.29 is 5.21 Å². The molecule has 3 atom stereocenters. The molecule has 18 heavy (non-hydrogen) atoms. The molecule has 0 heterocycles. The Labute approximate surface area is 109 Å². The van der Waals surface area contributed by atoms with Crippen LogP contribution in [-0.2, 0) is 0 Å². The molecular weight excluding hydrogens is 226 g/mol. The van der Waals surface area contributed by atoms with E-state index in [1.807, 2.05) is 0 Å². The highest BCUT2D eigenvalue weighted by atomic mass is 16.4. The maximum Gasteiger partial charge on any atom is 0.139 e. The summed E-state index contributed by atoms with van der Waals surface area (Å²) in [6.07, 6.45) is 9.06. The van der Waals surface area contributed by atoms with Gasteiger partial charge in [0.15, 0.2) is 0 Å². The lowest BCUT2D eigenvalue weighted by Gasteiger charge is -2.23. The average Bonchev–Trinajstić information content (AvgIpc) is 2.83. The van der Waals surface area contributed by atoms with Crippen molar-refractivity contribution in [2.75, 3.05) is 13.1 Å². The molecule has 0 aliphatic heterocycles. The molecule has 3 aliphatic carbocycles. The number of amidine groups is 1. The van der Waals surface area contributed by atoms with Crippen molar-refractivity contribution in [1.82, 2.24) is 5.32 Å². The summed E-state index contributed by atoms with van der Waals surface area (Å²) < 4.78 is 0. The molecule has 3 saturated carbocycles. The molecule has 3 aliphatic rings. The molecule has 4 nitrogen and oxygen atoms in total. The number of nitrogens with one attached hydrogen (secondary N) is 1. The molecular formula is C14H25N3O. The third-order valence-corrected chi connectivity index (χ3v) is 5.43. The highest BCUT2D eigenvalue weighted by molar-refractivity contribution is 5.80. The van der Waals surface area contributed by atoms with Gasteiger partial charge in [-0.3, -0.25) is 0 Å². The maximum absolute atomic E-state index is 8.64. The molecule has 0 spiro atoms. The zero-order chi connectivity index (χ0) is 12.6. The van der Waals surface area contributed by atoms with Crippen LogP contribution < -0.4 is 11.1 Å². The van der Waals surface area contributed by atoms with Gasteiger partial charge in [0.25, 0.3) is 0 Å². The summed E-state index contributed by atoms with van der Waals surface area (Å²) in [7, 11) is 0. The second-order valence-corrected chi connectivity index (χ2v) is 6.83. The number of hydrogen-bond donors (Lipinski definition) is 3. The Morgan fingerprint density at radius 2 is 2.17 bits per heavy atom. The maximum atomic E-state index is 8.64. The number of oxime groups is 1. The van der Waals surface area contributed by atoms with Crippen LogP contribution in [0.25, 0.3) is 0 Å². The van der Waals surface area contributed by atoms with Crippen LogP contribution in [0.4, 0.5) is 0 Å². The number of nitrogens with zero attached hydrogens (tertiary/aromatic N) is 1. The molecule has 3 fully saturated rings. The molecule has 0 aromatic heterocycles. The van der Waals surface area contributed by atoms with Gasteiger partial charge in [0.1, 0.15) is 5.84 Å². The van der Waals surface area contributed by atoms with Gasteiger partial charge in [0.2, 0.25) is 0 Å². The first-order valence-electron chi connectivity index (χ1n) is 7.38. The van der Waals surface area contributed by atoms with E-state index in [9.17, 15) is 0 Å². The van der Waals surface area contributed by atoms with E-state index in [-0.39, 0.29) is 0 Å². The molecule has 102 valence electrons. The number of rotatable bonds is 6. The first-order valence-corrected chi connectivity index (χ1v) is 7.38. The third-order valence-electron chi connectivity index (χ3n) is 5.43. The number of hydrogen-bond acceptors (Lipinski definition) is 3. The molecule has 0 radical (unpaired) electrons. The van der Waals surface area contributed by atoms with Gasteiger partial charge in [-0.25, -0.2) is 0 Å². The molecule has 3 rings (SSSR count). The van der Waals surface area contributed by atoms with Crippen LogP contribution in [0.1, 0.15) is 44.9 Å². The summed E-state index contributed by atoms with van der Waals surface area (Å²) in [6, 6.07) is 0. The lowest BCUT2D eigenvalue weighted by molar-refractivity contribution is 0.304. The van der Waals surface area contributed by atoms with Crippen molar-refractivity contribution in [3.05, 3.63) is 0 Å². The van der Waals surface area contributed by atoms with Gasteiger partial charge in [-0.05, 0) is 61.8 Å². The minimum atomic E-state index is 0.300. The SMILES string of the molecule is NC(CC1(CNCC2CC3CCC2C3)CC1)=NO. The van der Waals surface area contributed by atoms with Gasteiger partial charge < -0.3 is 16.3 Å². The van der Waals surface area contributed by atoms with Gasteiger partial charge >= 0.3 is 0 Å². The van der Waals surface area contributed by atoms with Crippen LogP contribution >= 0.6 is 0 Å². The summed E-state index contributed by atoms with van der Waals surface area (Å²) in [5.41, 5.74) is 5.91. The largest absolute Gasteiger partial charge is 0.409 e. The second kappa shape index (κ2) is 4.72. The van der Waals surface area contributed by atoms with E-state index >= 15 is 0 Å². The van der Waals surface area contributed by atoms with Crippen LogP contribution in [-0.4, -0.2) is 24.1 Å². The minimum Gasteiger partial charge on any atom is -0.409 e. The van der Waals surface area contributed by atoms with Gasteiger partial charge in [0.05, 0.1) is 0 Å². The summed E-state index contributed by atoms with van der Waals surface area (Å²) in [6.45, 7) is 2.22. The molecule has 2 bridgehead atoms. The third kappa shape index (κ3) is 2.48. The zero-order valence-corrected chi connectivity index (χ0v) is 11.1. The smallest absolute Gasteiger partial charge is 0.139 e. The van der Waals surface area contributed by atoms with E-state index in [2.05, 4.69) is 10.5 Å². The Kier molecular flexibility index (Phi) is 3.22. The van der Waals surface area contributed by atoms with Crippen molar-refractivity contribution in [2.24, 2.45) is 34.1 Å². The van der Waals surface area contributed by atoms with E-state index in [1.165, 1.54) is 45.1 Å². The number of nitrogens with two attached hydrogens (primary N) is 1. The van der Waals surface area contributed by atoms with E-state index in [0.29, 0.717) is 11.3 Å². The second-order valence-electron chi connectivity index (χ2n) is 6.83. The summed E-state index contributed by atoms with van der Waals surface area (Å²) in [5, 5.41) is 15.4. The standard InChI is InChI=1S/C14H25N3O/c15-13(17-18)7-14(3-4-14)9-16-8-12-6-10-1-2-11(12)5-10/h10-12,16,18H,1-9H2,(H2,15,17). The van der Waals surface area contributed by atoms with Crippen molar-refractivity contribution in [1.29, 1.82) is 0 Å². The van der Waals surface area contributed by atoms with Gasteiger partial charge in [0, 0.05) is 13.0 Å². The van der Waals surface area contributed by atoms with Gasteiger partial charge in [-0.1, -0.05) is 11.6 Å². The molecule has 0 aromatic rings. The topological polar surface area (TPSA) is 70.6 Å². The predicted molar refractivity (Wildman–Crippen MR) is 71.5 cm³/mol. The fraction of sp³-hybridized carbons (Fsp3) is 0.929. The summed E-state index contributed by atoms with van der Waals surface area (Å²) >= 11 is 0. The zero-order valence-electron chi connectivity index (χ0n) is 11.1. The lowest BCUT2D eigenvalue weighted by Crippen LogP contribution is -2.33. The molecule has 0 aromatic carbocycles. The highest BCUT2D eigenvalue weighted by Crippen LogP contribution is 2.49. The predicted octanol–water partition coefficient (Wildman–Crippen LogP) is 1.93. The normalized spacial score (nSPS) is 37.1. The fourth-order valence-electron chi connectivity index (χ4n) is 4.16. The van der Waals surface area contributed by atoms with E-state index in [0.717, 1.165) is 30.7 Å². The van der Waals surface area contributed by atoms with Crippen LogP contribution in [0.3, 0.4) is 0 Å². The molecule has 4 N–H and O–H groups in total. The highest BCUT2D eigenvalue weighted by Gasteiger charge is 2.44. The quantitative estimate of drug-likeness (QED) is 0.292. The molecule has 0 saturated heterocycles. The van der Waals surface area contributed by atoms with E-state index in [1.54, 1.807) is 0 Å². The van der Waals surface area contributed by atoms with Gasteiger partial charge in [-0.2, -0.15) is 0 Å². The monoisotopic (exact) mass is 251 g/mol. The number of fused-ring (bicyclic) bond motifs is 2. The Morgan fingerprint density at radius 3 is 2.72 bits per heavy atom. The Hall–Kier alpha value is -0.770. The van der Waals surface area contributed by atoms with E-state index in [4.69, 9.17) is 10.9 Å². The van der Waals surface area contributed by atoms with E-state index < -0.39 is 0 Å².